The van der Waals surface area contributed by atoms with Crippen molar-refractivity contribution in [3.63, 3.8) is 0 Å². The third kappa shape index (κ3) is 5.05. The van der Waals surface area contributed by atoms with Crippen LogP contribution in [-0.2, 0) is 14.6 Å². The molecule has 2 rings (SSSR count). The van der Waals surface area contributed by atoms with Gasteiger partial charge >= 0.3 is 0 Å². The van der Waals surface area contributed by atoms with Crippen molar-refractivity contribution >= 4 is 28.2 Å². The summed E-state index contributed by atoms with van der Waals surface area (Å²) in [4.78, 5) is 12.5. The average molecular weight is 395 g/mol. The van der Waals surface area contributed by atoms with Gasteiger partial charge in [0.2, 0.25) is 5.91 Å². The molecule has 6 nitrogen and oxygen atoms in total. The second kappa shape index (κ2) is 8.82. The summed E-state index contributed by atoms with van der Waals surface area (Å²) >= 11 is 0. The van der Waals surface area contributed by atoms with Crippen molar-refractivity contribution in [3.05, 3.63) is 30.1 Å². The van der Waals surface area contributed by atoms with Gasteiger partial charge in [-0.05, 0) is 45.0 Å². The van der Waals surface area contributed by atoms with Crippen molar-refractivity contribution < 1.29 is 22.3 Å². The Labute approximate surface area is 153 Å². The fraction of sp³-hybridized carbons (Fsp3) is 0.562. The zero-order chi connectivity index (χ0) is 17.8. The highest BCUT2D eigenvalue weighted by Crippen LogP contribution is 2.28. The van der Waals surface area contributed by atoms with E-state index < -0.39 is 32.4 Å². The standard InChI is InChI=1S/C16H23FN2O4S.ClH/c1-12(23-14-6-4-3-5-13(14)17)11-19-15(20)16(24(2,21)22)7-9-18-10-8-16;/h3-6,12,18H,7-11H2,1-2H3,(H,19,20);1H. The normalized spacial score (nSPS) is 17.9. The van der Waals surface area contributed by atoms with E-state index in [1.807, 2.05) is 0 Å². The van der Waals surface area contributed by atoms with Crippen molar-refractivity contribution in [3.8, 4) is 5.75 Å². The summed E-state index contributed by atoms with van der Waals surface area (Å²) in [5.41, 5.74) is 0. The predicted molar refractivity (Wildman–Crippen MR) is 96.4 cm³/mol. The number of benzene rings is 1. The number of carbonyl (C=O) groups is 1. The van der Waals surface area contributed by atoms with Crippen molar-refractivity contribution in [2.75, 3.05) is 25.9 Å². The number of halogens is 2. The molecule has 25 heavy (non-hydrogen) atoms. The van der Waals surface area contributed by atoms with Crippen molar-refractivity contribution in [2.24, 2.45) is 0 Å². The van der Waals surface area contributed by atoms with E-state index in [0.29, 0.717) is 13.1 Å². The van der Waals surface area contributed by atoms with Gasteiger partial charge in [-0.25, -0.2) is 12.8 Å². The number of amides is 1. The number of ether oxygens (including phenoxy) is 1. The number of piperidine rings is 1. The quantitative estimate of drug-likeness (QED) is 0.759. The molecule has 1 fully saturated rings. The van der Waals surface area contributed by atoms with E-state index >= 15 is 0 Å². The van der Waals surface area contributed by atoms with E-state index in [-0.39, 0.29) is 37.5 Å². The summed E-state index contributed by atoms with van der Waals surface area (Å²) in [6.07, 6.45) is 1.07. The van der Waals surface area contributed by atoms with Crippen LogP contribution in [0.1, 0.15) is 19.8 Å². The summed E-state index contributed by atoms with van der Waals surface area (Å²) in [7, 11) is -3.55. The van der Waals surface area contributed by atoms with Crippen LogP contribution in [0.5, 0.6) is 5.75 Å². The summed E-state index contributed by atoms with van der Waals surface area (Å²) in [6, 6.07) is 5.99. The minimum absolute atomic E-state index is 0. The fourth-order valence-corrected chi connectivity index (χ4v) is 4.15. The molecule has 1 aromatic rings. The Morgan fingerprint density at radius 2 is 1.96 bits per heavy atom. The predicted octanol–water partition coefficient (Wildman–Crippen LogP) is 1.30. The van der Waals surface area contributed by atoms with E-state index in [2.05, 4.69) is 10.6 Å². The van der Waals surface area contributed by atoms with Gasteiger partial charge in [0.05, 0.1) is 6.54 Å². The Morgan fingerprint density at radius 3 is 2.52 bits per heavy atom. The van der Waals surface area contributed by atoms with Gasteiger partial charge in [0, 0.05) is 6.26 Å². The number of carbonyl (C=O) groups excluding carboxylic acids is 1. The monoisotopic (exact) mass is 394 g/mol. The lowest BCUT2D eigenvalue weighted by Gasteiger charge is -2.34. The maximum atomic E-state index is 13.6. The highest BCUT2D eigenvalue weighted by atomic mass is 35.5. The summed E-state index contributed by atoms with van der Waals surface area (Å²) < 4.78 is 41.9. The van der Waals surface area contributed by atoms with E-state index in [0.717, 1.165) is 6.26 Å². The van der Waals surface area contributed by atoms with Gasteiger partial charge in [-0.2, -0.15) is 0 Å². The molecule has 1 heterocycles. The molecule has 1 unspecified atom stereocenters. The van der Waals surface area contributed by atoms with E-state index in [1.54, 1.807) is 19.1 Å². The molecule has 0 spiro atoms. The maximum absolute atomic E-state index is 13.6. The molecule has 1 saturated heterocycles. The lowest BCUT2D eigenvalue weighted by molar-refractivity contribution is -0.124. The lowest BCUT2D eigenvalue weighted by atomic mass is 9.96. The van der Waals surface area contributed by atoms with Crippen LogP contribution < -0.4 is 15.4 Å². The zero-order valence-electron chi connectivity index (χ0n) is 14.2. The summed E-state index contributed by atoms with van der Waals surface area (Å²) in [5, 5.41) is 5.71. The smallest absolute Gasteiger partial charge is 0.241 e. The van der Waals surface area contributed by atoms with Crippen LogP contribution in [0.2, 0.25) is 0 Å². The van der Waals surface area contributed by atoms with E-state index in [4.69, 9.17) is 4.74 Å². The van der Waals surface area contributed by atoms with Gasteiger partial charge in [0.15, 0.2) is 26.2 Å². The first-order valence-electron chi connectivity index (χ1n) is 7.86. The molecule has 1 amide bonds. The molecule has 0 aliphatic carbocycles. The van der Waals surface area contributed by atoms with Gasteiger partial charge in [-0.15, -0.1) is 12.4 Å². The first-order chi connectivity index (χ1) is 11.3. The highest BCUT2D eigenvalue weighted by Gasteiger charge is 2.48. The van der Waals surface area contributed by atoms with Crippen molar-refractivity contribution in [2.45, 2.75) is 30.6 Å². The number of hydrogen-bond donors (Lipinski definition) is 2. The number of hydrogen-bond acceptors (Lipinski definition) is 5. The first kappa shape index (κ1) is 21.7. The summed E-state index contributed by atoms with van der Waals surface area (Å²) in [5.74, 6) is -0.906. The fourth-order valence-electron chi connectivity index (χ4n) is 2.79. The number of sulfone groups is 1. The molecule has 0 aromatic heterocycles. The van der Waals surface area contributed by atoms with Gasteiger partial charge in [-0.1, -0.05) is 12.1 Å². The Bertz CT molecular complexity index is 693. The Balaban J connectivity index is 0.00000312. The molecule has 9 heteroatoms. The molecule has 0 radical (unpaired) electrons. The number of rotatable bonds is 6. The largest absolute Gasteiger partial charge is 0.486 e. The van der Waals surface area contributed by atoms with Gasteiger partial charge in [-0.3, -0.25) is 4.79 Å². The van der Waals surface area contributed by atoms with Gasteiger partial charge < -0.3 is 15.4 Å². The first-order valence-corrected chi connectivity index (χ1v) is 9.75. The average Bonchev–Trinajstić information content (AvgIpc) is 2.54. The molecule has 1 aliphatic heterocycles. The Kier molecular flexibility index (Phi) is 7.64. The van der Waals surface area contributed by atoms with Crippen LogP contribution in [0, 0.1) is 5.82 Å². The zero-order valence-corrected chi connectivity index (χ0v) is 15.9. The van der Waals surface area contributed by atoms with Gasteiger partial charge in [0.1, 0.15) is 6.10 Å². The van der Waals surface area contributed by atoms with Crippen LogP contribution >= 0.6 is 12.4 Å². The minimum Gasteiger partial charge on any atom is -0.486 e. The van der Waals surface area contributed by atoms with Crippen LogP contribution in [-0.4, -0.2) is 51.1 Å². The lowest BCUT2D eigenvalue weighted by Crippen LogP contribution is -2.58. The van der Waals surface area contributed by atoms with Crippen molar-refractivity contribution in [1.82, 2.24) is 10.6 Å². The van der Waals surface area contributed by atoms with Gasteiger partial charge in [0.25, 0.3) is 0 Å². The number of para-hydroxylation sites is 1. The highest BCUT2D eigenvalue weighted by molar-refractivity contribution is 7.92. The third-order valence-electron chi connectivity index (χ3n) is 4.25. The molecule has 0 bridgehead atoms. The molecule has 2 N–H and O–H groups in total. The Morgan fingerprint density at radius 1 is 1.36 bits per heavy atom. The summed E-state index contributed by atoms with van der Waals surface area (Å²) in [6.45, 7) is 2.73. The molecule has 1 atom stereocenters. The Hall–Kier alpha value is -1.38. The van der Waals surface area contributed by atoms with Crippen molar-refractivity contribution in [1.29, 1.82) is 0 Å². The van der Waals surface area contributed by atoms with Crippen LogP contribution in [0.4, 0.5) is 4.39 Å². The number of nitrogens with one attached hydrogen (secondary N) is 2. The topological polar surface area (TPSA) is 84.5 Å². The second-order valence-corrected chi connectivity index (χ2v) is 8.41. The van der Waals surface area contributed by atoms with Crippen LogP contribution in [0.15, 0.2) is 24.3 Å². The van der Waals surface area contributed by atoms with E-state index in [9.17, 15) is 17.6 Å². The molecule has 142 valence electrons. The van der Waals surface area contributed by atoms with Crippen LogP contribution in [0.3, 0.4) is 0 Å². The maximum Gasteiger partial charge on any atom is 0.241 e. The van der Waals surface area contributed by atoms with Crippen LogP contribution in [0.25, 0.3) is 0 Å². The molecular weight excluding hydrogens is 371 g/mol. The SMILES string of the molecule is CC(CNC(=O)C1(S(C)(=O)=O)CCNCC1)Oc1ccccc1F.Cl. The molecule has 0 saturated carbocycles. The minimum atomic E-state index is -3.55. The second-order valence-electron chi connectivity index (χ2n) is 6.09. The molecule has 1 aromatic carbocycles. The molecular formula is C16H24ClFN2O4S. The third-order valence-corrected chi connectivity index (χ3v) is 6.26. The van der Waals surface area contributed by atoms with E-state index in [1.165, 1.54) is 12.1 Å². The molecule has 1 aliphatic rings.